The highest BCUT2D eigenvalue weighted by Gasteiger charge is 2.33. The Morgan fingerprint density at radius 2 is 1.43 bits per heavy atom. The van der Waals surface area contributed by atoms with E-state index in [1.807, 2.05) is 30.3 Å². The summed E-state index contributed by atoms with van der Waals surface area (Å²) in [7, 11) is 0. The minimum absolute atomic E-state index is 0.148. The summed E-state index contributed by atoms with van der Waals surface area (Å²) in [6, 6.07) is 20.0. The van der Waals surface area contributed by atoms with Crippen LogP contribution in [0.1, 0.15) is 16.7 Å². The average molecular weight is 403 g/mol. The molecule has 0 atom stereocenters. The highest BCUT2D eigenvalue weighted by molar-refractivity contribution is 6.30. The van der Waals surface area contributed by atoms with Gasteiger partial charge in [0.2, 0.25) is 0 Å². The summed E-state index contributed by atoms with van der Waals surface area (Å²) in [5.41, 5.74) is 0.522. The van der Waals surface area contributed by atoms with Gasteiger partial charge in [-0.2, -0.15) is 8.78 Å². The maximum Gasteiger partial charge on any atom is 0.344 e. The van der Waals surface area contributed by atoms with Crippen molar-refractivity contribution < 1.29 is 23.0 Å². The van der Waals surface area contributed by atoms with Crippen LogP contribution in [0.25, 0.3) is 0 Å². The maximum absolute atomic E-state index is 14.6. The van der Waals surface area contributed by atoms with Crippen molar-refractivity contribution in [2.24, 2.45) is 0 Å². The van der Waals surface area contributed by atoms with E-state index in [4.69, 9.17) is 21.1 Å². The van der Waals surface area contributed by atoms with Gasteiger partial charge in [0.25, 0.3) is 5.92 Å². The van der Waals surface area contributed by atoms with Gasteiger partial charge in [0.15, 0.2) is 6.61 Å². The first-order valence-electron chi connectivity index (χ1n) is 8.52. The standard InChI is InChI=1S/C22H17ClF2O3/c23-19-10-6-17(7-11-19)22(24,25)18-8-12-20(13-9-18)27-15-21(26)28-14-16-4-2-1-3-5-16/h1-13H,14-15H2. The Balaban J connectivity index is 1.55. The molecule has 0 aliphatic rings. The van der Waals surface area contributed by atoms with Crippen LogP contribution in [0, 0.1) is 0 Å². The van der Waals surface area contributed by atoms with Crippen LogP contribution in [0.3, 0.4) is 0 Å². The molecule has 0 aliphatic carbocycles. The van der Waals surface area contributed by atoms with Crippen molar-refractivity contribution in [2.75, 3.05) is 6.61 Å². The molecule has 0 radical (unpaired) electrons. The molecule has 3 aromatic carbocycles. The van der Waals surface area contributed by atoms with Gasteiger partial charge in [0.05, 0.1) is 0 Å². The minimum atomic E-state index is -3.17. The fourth-order valence-electron chi connectivity index (χ4n) is 2.51. The van der Waals surface area contributed by atoms with Crippen molar-refractivity contribution in [3.8, 4) is 5.75 Å². The lowest BCUT2D eigenvalue weighted by molar-refractivity contribution is -0.147. The quantitative estimate of drug-likeness (QED) is 0.482. The third kappa shape index (κ3) is 5.08. The zero-order chi connectivity index (χ0) is 20.0. The van der Waals surface area contributed by atoms with Crippen LogP contribution in [0.5, 0.6) is 5.75 Å². The second kappa shape index (κ2) is 8.85. The van der Waals surface area contributed by atoms with Crippen LogP contribution < -0.4 is 4.74 Å². The number of carbonyl (C=O) groups is 1. The van der Waals surface area contributed by atoms with Gasteiger partial charge in [-0.1, -0.05) is 54.1 Å². The molecule has 0 bridgehead atoms. The molecule has 0 N–H and O–H groups in total. The third-order valence-electron chi connectivity index (χ3n) is 4.02. The highest BCUT2D eigenvalue weighted by Crippen LogP contribution is 2.36. The van der Waals surface area contributed by atoms with E-state index in [1.165, 1.54) is 48.5 Å². The van der Waals surface area contributed by atoms with Gasteiger partial charge in [-0.3, -0.25) is 0 Å². The molecule has 6 heteroatoms. The first-order chi connectivity index (χ1) is 13.4. The Kier molecular flexibility index (Phi) is 6.26. The van der Waals surface area contributed by atoms with Gasteiger partial charge >= 0.3 is 5.97 Å². The topological polar surface area (TPSA) is 35.5 Å². The zero-order valence-corrected chi connectivity index (χ0v) is 15.5. The Morgan fingerprint density at radius 1 is 0.857 bits per heavy atom. The average Bonchev–Trinajstić information content (AvgIpc) is 2.72. The summed E-state index contributed by atoms with van der Waals surface area (Å²) in [6.07, 6.45) is 0. The van der Waals surface area contributed by atoms with Crippen LogP contribution >= 0.6 is 11.6 Å². The normalized spacial score (nSPS) is 11.1. The number of alkyl halides is 2. The summed E-state index contributed by atoms with van der Waals surface area (Å²) in [5.74, 6) is -3.41. The molecule has 3 rings (SSSR count). The second-order valence-electron chi connectivity index (χ2n) is 6.04. The first-order valence-corrected chi connectivity index (χ1v) is 8.90. The fraction of sp³-hybridized carbons (Fsp3) is 0.136. The molecule has 0 spiro atoms. The van der Waals surface area contributed by atoms with E-state index in [1.54, 1.807) is 0 Å². The van der Waals surface area contributed by atoms with Crippen molar-refractivity contribution in [2.45, 2.75) is 12.5 Å². The molecule has 0 amide bonds. The lowest BCUT2D eigenvalue weighted by Gasteiger charge is -2.17. The Hall–Kier alpha value is -2.92. The Morgan fingerprint density at radius 3 is 2.04 bits per heavy atom. The number of esters is 1. The van der Waals surface area contributed by atoms with Crippen LogP contribution in [0.4, 0.5) is 8.78 Å². The largest absolute Gasteiger partial charge is 0.482 e. The van der Waals surface area contributed by atoms with Gasteiger partial charge in [0.1, 0.15) is 12.4 Å². The van der Waals surface area contributed by atoms with E-state index >= 15 is 0 Å². The van der Waals surface area contributed by atoms with Crippen molar-refractivity contribution in [1.82, 2.24) is 0 Å². The van der Waals surface area contributed by atoms with Crippen molar-refractivity contribution in [3.63, 3.8) is 0 Å². The van der Waals surface area contributed by atoms with E-state index < -0.39 is 11.9 Å². The number of hydrogen-bond acceptors (Lipinski definition) is 3. The summed E-state index contributed by atoms with van der Waals surface area (Å²) in [6.45, 7) is -0.158. The van der Waals surface area contributed by atoms with E-state index in [0.717, 1.165) is 5.56 Å². The van der Waals surface area contributed by atoms with Crippen LogP contribution in [0.2, 0.25) is 5.02 Å². The van der Waals surface area contributed by atoms with E-state index in [9.17, 15) is 13.6 Å². The number of benzene rings is 3. The summed E-state index contributed by atoms with van der Waals surface area (Å²) >= 11 is 5.75. The first kappa shape index (κ1) is 19.8. The van der Waals surface area contributed by atoms with Crippen molar-refractivity contribution in [1.29, 1.82) is 0 Å². The van der Waals surface area contributed by atoms with E-state index in [2.05, 4.69) is 0 Å². The summed E-state index contributed by atoms with van der Waals surface area (Å²) in [5, 5.41) is 0.391. The lowest BCUT2D eigenvalue weighted by Crippen LogP contribution is -2.16. The van der Waals surface area contributed by atoms with Gasteiger partial charge in [0, 0.05) is 16.1 Å². The molecule has 0 heterocycles. The fourth-order valence-corrected chi connectivity index (χ4v) is 2.63. The van der Waals surface area contributed by atoms with Gasteiger partial charge in [-0.05, 0) is 42.0 Å². The molecule has 3 aromatic rings. The SMILES string of the molecule is O=C(COc1ccc(C(F)(F)c2ccc(Cl)cc2)cc1)OCc1ccccc1. The number of halogens is 3. The summed E-state index contributed by atoms with van der Waals surface area (Å²) in [4.78, 5) is 11.8. The van der Waals surface area contributed by atoms with Gasteiger partial charge < -0.3 is 9.47 Å². The summed E-state index contributed by atoms with van der Waals surface area (Å²) < 4.78 is 39.5. The second-order valence-corrected chi connectivity index (χ2v) is 6.48. The van der Waals surface area contributed by atoms with Gasteiger partial charge in [-0.25, -0.2) is 4.79 Å². The molecule has 0 aliphatic heterocycles. The smallest absolute Gasteiger partial charge is 0.344 e. The molecule has 144 valence electrons. The third-order valence-corrected chi connectivity index (χ3v) is 4.27. The van der Waals surface area contributed by atoms with E-state index in [0.29, 0.717) is 10.8 Å². The van der Waals surface area contributed by atoms with Crippen LogP contribution in [-0.2, 0) is 22.1 Å². The molecule has 28 heavy (non-hydrogen) atoms. The molecule has 0 unspecified atom stereocenters. The predicted octanol–water partition coefficient (Wildman–Crippen LogP) is 5.60. The molecule has 3 nitrogen and oxygen atoms in total. The number of hydrogen-bond donors (Lipinski definition) is 0. The van der Waals surface area contributed by atoms with Crippen LogP contribution in [-0.4, -0.2) is 12.6 Å². The van der Waals surface area contributed by atoms with E-state index in [-0.39, 0.29) is 24.3 Å². The Bertz CT molecular complexity index is 911. The van der Waals surface area contributed by atoms with Crippen molar-refractivity contribution in [3.05, 3.63) is 101 Å². The van der Waals surface area contributed by atoms with Crippen molar-refractivity contribution >= 4 is 17.6 Å². The molecular weight excluding hydrogens is 386 g/mol. The van der Waals surface area contributed by atoms with Gasteiger partial charge in [-0.15, -0.1) is 0 Å². The molecule has 0 saturated heterocycles. The number of rotatable bonds is 7. The molecule has 0 aromatic heterocycles. The minimum Gasteiger partial charge on any atom is -0.482 e. The number of carbonyl (C=O) groups excluding carboxylic acids is 1. The van der Waals surface area contributed by atoms with Crippen LogP contribution in [0.15, 0.2) is 78.9 Å². The monoisotopic (exact) mass is 402 g/mol. The zero-order valence-electron chi connectivity index (χ0n) is 14.8. The Labute approximate surface area is 166 Å². The predicted molar refractivity (Wildman–Crippen MR) is 103 cm³/mol. The maximum atomic E-state index is 14.6. The molecule has 0 fully saturated rings. The lowest BCUT2D eigenvalue weighted by atomic mass is 10.0. The molecular formula is C22H17ClF2O3. The number of ether oxygens (including phenoxy) is 2. The highest BCUT2D eigenvalue weighted by atomic mass is 35.5. The molecule has 0 saturated carbocycles.